The van der Waals surface area contributed by atoms with Gasteiger partial charge in [-0.1, -0.05) is 36.0 Å². The Morgan fingerprint density at radius 1 is 1.03 bits per heavy atom. The molecule has 0 aromatic heterocycles. The fourth-order valence-corrected chi connectivity index (χ4v) is 5.18. The number of carbonyl (C=O) groups excluding carboxylic acids is 4. The zero-order valence-electron chi connectivity index (χ0n) is 18.4. The van der Waals surface area contributed by atoms with Crippen molar-refractivity contribution in [2.24, 2.45) is 0 Å². The van der Waals surface area contributed by atoms with Gasteiger partial charge in [0.15, 0.2) is 5.12 Å². The van der Waals surface area contributed by atoms with Gasteiger partial charge in [-0.15, -0.1) is 0 Å². The van der Waals surface area contributed by atoms with Gasteiger partial charge in [-0.2, -0.15) is 0 Å². The lowest BCUT2D eigenvalue weighted by Crippen LogP contribution is -2.45. The molecule has 0 bridgehead atoms. The van der Waals surface area contributed by atoms with Crippen LogP contribution in [-0.4, -0.2) is 64.3 Å². The molecule has 2 aliphatic rings. The normalized spacial score (nSPS) is 19.6. The number of imide groups is 1. The lowest BCUT2D eigenvalue weighted by Gasteiger charge is -2.27. The molecule has 9 heteroatoms. The molecule has 4 rings (SSSR count). The minimum atomic E-state index is -0.543. The summed E-state index contributed by atoms with van der Waals surface area (Å²) >= 11 is 1.16. The molecule has 3 amide bonds. The Morgan fingerprint density at radius 2 is 1.67 bits per heavy atom. The Morgan fingerprint density at radius 3 is 2.24 bits per heavy atom. The van der Waals surface area contributed by atoms with E-state index in [0.717, 1.165) is 17.3 Å². The highest BCUT2D eigenvalue weighted by Gasteiger charge is 2.42. The van der Waals surface area contributed by atoms with Crippen LogP contribution in [0.3, 0.4) is 0 Å². The number of fused-ring (bicyclic) bond motifs is 1. The molecule has 0 unspecified atom stereocenters. The van der Waals surface area contributed by atoms with Crippen molar-refractivity contribution >= 4 is 34.8 Å². The molecule has 2 heterocycles. The largest absolute Gasteiger partial charge is 0.497 e. The quantitative estimate of drug-likeness (QED) is 0.600. The van der Waals surface area contributed by atoms with Crippen LogP contribution in [0.4, 0.5) is 4.79 Å². The zero-order valence-corrected chi connectivity index (χ0v) is 19.2. The summed E-state index contributed by atoms with van der Waals surface area (Å²) in [4.78, 5) is 52.9. The first kappa shape index (κ1) is 22.8. The number of benzene rings is 2. The first-order valence-corrected chi connectivity index (χ1v) is 11.4. The minimum Gasteiger partial charge on any atom is -0.497 e. The summed E-state index contributed by atoms with van der Waals surface area (Å²) in [6.07, 6.45) is -0.0611. The van der Waals surface area contributed by atoms with E-state index in [9.17, 15) is 19.2 Å². The molecule has 8 nitrogen and oxygen atoms in total. The molecule has 172 valence electrons. The molecule has 0 spiro atoms. The number of ether oxygens (including phenoxy) is 2. The summed E-state index contributed by atoms with van der Waals surface area (Å²) in [5.41, 5.74) is 1.53. The van der Waals surface area contributed by atoms with Crippen LogP contribution in [0.1, 0.15) is 39.6 Å². The summed E-state index contributed by atoms with van der Waals surface area (Å²) in [5, 5.41) is -0.177. The Labute approximate surface area is 195 Å². The van der Waals surface area contributed by atoms with Gasteiger partial charge in [0, 0.05) is 25.3 Å². The highest BCUT2D eigenvalue weighted by atomic mass is 32.2. The van der Waals surface area contributed by atoms with E-state index in [1.807, 2.05) is 0 Å². The maximum atomic E-state index is 12.9. The van der Waals surface area contributed by atoms with Gasteiger partial charge in [-0.25, -0.2) is 4.79 Å². The Bertz CT molecular complexity index is 1050. The number of likely N-dealkylation sites (tertiary alicyclic amines) is 1. The predicted molar refractivity (Wildman–Crippen MR) is 122 cm³/mol. The SMILES string of the molecule is COc1ccc(COC(=O)N2C[C@@H](SC(C)=O)C[C@H]2CN2C(=O)c3ccccc3C2=O)cc1. The second-order valence-corrected chi connectivity index (χ2v) is 9.42. The van der Waals surface area contributed by atoms with Gasteiger partial charge in [0.25, 0.3) is 11.8 Å². The van der Waals surface area contributed by atoms with Gasteiger partial charge in [0.05, 0.1) is 24.3 Å². The van der Waals surface area contributed by atoms with Crippen LogP contribution in [0.25, 0.3) is 0 Å². The number of carbonyl (C=O) groups is 4. The molecule has 0 radical (unpaired) electrons. The van der Waals surface area contributed by atoms with E-state index in [-0.39, 0.29) is 35.3 Å². The maximum absolute atomic E-state index is 12.9. The molecule has 1 fully saturated rings. The number of hydrogen-bond acceptors (Lipinski definition) is 7. The second-order valence-electron chi connectivity index (χ2n) is 7.94. The third-order valence-corrected chi connectivity index (χ3v) is 6.74. The molecular weight excluding hydrogens is 444 g/mol. The van der Waals surface area contributed by atoms with Gasteiger partial charge >= 0.3 is 6.09 Å². The molecule has 1 saturated heterocycles. The van der Waals surface area contributed by atoms with Crippen molar-refractivity contribution in [2.45, 2.75) is 31.2 Å². The molecule has 0 saturated carbocycles. The van der Waals surface area contributed by atoms with Crippen molar-refractivity contribution in [1.29, 1.82) is 0 Å². The van der Waals surface area contributed by atoms with Gasteiger partial charge < -0.3 is 14.4 Å². The van der Waals surface area contributed by atoms with Crippen LogP contribution >= 0.6 is 11.8 Å². The summed E-state index contributed by atoms with van der Waals surface area (Å²) < 4.78 is 10.6. The van der Waals surface area contributed by atoms with Crippen molar-refractivity contribution in [3.05, 3.63) is 65.2 Å². The summed E-state index contributed by atoms with van der Waals surface area (Å²) in [6.45, 7) is 1.91. The van der Waals surface area contributed by atoms with E-state index in [2.05, 4.69) is 0 Å². The third kappa shape index (κ3) is 4.88. The molecule has 2 aliphatic heterocycles. The molecular formula is C24H24N2O6S. The average molecular weight is 469 g/mol. The Kier molecular flexibility index (Phi) is 6.69. The number of nitrogens with zero attached hydrogens (tertiary/aromatic N) is 2. The van der Waals surface area contributed by atoms with Crippen molar-refractivity contribution in [3.63, 3.8) is 0 Å². The molecule has 0 N–H and O–H groups in total. The summed E-state index contributed by atoms with van der Waals surface area (Å²) in [5.74, 6) is -0.0376. The Balaban J connectivity index is 1.46. The van der Waals surface area contributed by atoms with Gasteiger partial charge in [0.1, 0.15) is 12.4 Å². The van der Waals surface area contributed by atoms with Crippen LogP contribution in [0, 0.1) is 0 Å². The minimum absolute atomic E-state index is 0.0482. The number of amides is 3. The van der Waals surface area contributed by atoms with Crippen molar-refractivity contribution in [1.82, 2.24) is 9.80 Å². The highest BCUT2D eigenvalue weighted by molar-refractivity contribution is 8.14. The lowest BCUT2D eigenvalue weighted by atomic mass is 10.1. The standard InChI is InChI=1S/C24H24N2O6S/c1-15(27)33-19-11-17(12-26-22(28)20-5-3-4-6-21(20)23(26)29)25(13-19)24(30)32-14-16-7-9-18(31-2)10-8-16/h3-10,17,19H,11-14H2,1-2H3/t17-,19-/m0/s1. The van der Waals surface area contributed by atoms with E-state index in [1.165, 1.54) is 16.7 Å². The molecule has 0 aliphatic carbocycles. The van der Waals surface area contributed by atoms with E-state index in [1.54, 1.807) is 55.6 Å². The molecule has 2 atom stereocenters. The van der Waals surface area contributed by atoms with E-state index < -0.39 is 12.1 Å². The smallest absolute Gasteiger partial charge is 0.410 e. The van der Waals surface area contributed by atoms with Crippen molar-refractivity contribution in [3.8, 4) is 5.75 Å². The van der Waals surface area contributed by atoms with Crippen LogP contribution in [0.5, 0.6) is 5.75 Å². The number of methoxy groups -OCH3 is 1. The second kappa shape index (κ2) is 9.66. The van der Waals surface area contributed by atoms with Crippen LogP contribution in [-0.2, 0) is 16.1 Å². The van der Waals surface area contributed by atoms with Crippen LogP contribution in [0.15, 0.2) is 48.5 Å². The van der Waals surface area contributed by atoms with Gasteiger partial charge in [0.2, 0.25) is 0 Å². The number of thioether (sulfide) groups is 1. The predicted octanol–water partition coefficient (Wildman–Crippen LogP) is 3.35. The maximum Gasteiger partial charge on any atom is 0.410 e. The van der Waals surface area contributed by atoms with Crippen LogP contribution < -0.4 is 4.74 Å². The third-order valence-electron chi connectivity index (χ3n) is 5.74. The number of rotatable bonds is 6. The first-order chi connectivity index (χ1) is 15.9. The number of hydrogen-bond donors (Lipinski definition) is 0. The Hall–Kier alpha value is -3.33. The molecule has 2 aromatic rings. The first-order valence-electron chi connectivity index (χ1n) is 10.6. The summed E-state index contributed by atoms with van der Waals surface area (Å²) in [6, 6.07) is 13.4. The summed E-state index contributed by atoms with van der Waals surface area (Å²) in [7, 11) is 1.58. The fourth-order valence-electron chi connectivity index (χ4n) is 4.16. The zero-order chi connectivity index (χ0) is 23.5. The average Bonchev–Trinajstić information content (AvgIpc) is 3.31. The van der Waals surface area contributed by atoms with Gasteiger partial charge in [-0.05, 0) is 36.2 Å². The molecule has 2 aromatic carbocycles. The topological polar surface area (TPSA) is 93.2 Å². The van der Waals surface area contributed by atoms with Crippen molar-refractivity contribution < 1.29 is 28.7 Å². The monoisotopic (exact) mass is 468 g/mol. The molecule has 33 heavy (non-hydrogen) atoms. The van der Waals surface area contributed by atoms with Crippen molar-refractivity contribution in [2.75, 3.05) is 20.2 Å². The van der Waals surface area contributed by atoms with Crippen LogP contribution in [0.2, 0.25) is 0 Å². The lowest BCUT2D eigenvalue weighted by molar-refractivity contribution is -0.109. The van der Waals surface area contributed by atoms with E-state index in [0.29, 0.717) is 29.8 Å². The van der Waals surface area contributed by atoms with E-state index >= 15 is 0 Å². The van der Waals surface area contributed by atoms with Gasteiger partial charge in [-0.3, -0.25) is 19.3 Å². The highest BCUT2D eigenvalue weighted by Crippen LogP contribution is 2.31. The van der Waals surface area contributed by atoms with E-state index in [4.69, 9.17) is 9.47 Å². The fraction of sp³-hybridized carbons (Fsp3) is 0.333.